The van der Waals surface area contributed by atoms with Crippen LogP contribution < -0.4 is 4.68 Å². The molecule has 0 aliphatic carbocycles. The summed E-state index contributed by atoms with van der Waals surface area (Å²) in [4.78, 5) is 0.786. The molecule has 0 radical (unpaired) electrons. The molecule has 2 aromatic rings. The van der Waals surface area contributed by atoms with Crippen LogP contribution in [0.15, 0.2) is 24.5 Å². The molecular formula is C8H9N4O3S2+. The third kappa shape index (κ3) is 3.51. The maximum atomic E-state index is 10.6. The van der Waals surface area contributed by atoms with Crippen LogP contribution in [0.25, 0.3) is 10.6 Å². The van der Waals surface area contributed by atoms with Crippen molar-refractivity contribution in [2.45, 2.75) is 6.54 Å². The molecule has 0 atom stereocenters. The van der Waals surface area contributed by atoms with Crippen molar-refractivity contribution in [3.8, 4) is 10.6 Å². The highest BCUT2D eigenvalue weighted by molar-refractivity contribution is 7.85. The summed E-state index contributed by atoms with van der Waals surface area (Å²) in [5, 5.41) is 7.65. The molecule has 0 amide bonds. The van der Waals surface area contributed by atoms with Crippen molar-refractivity contribution in [1.82, 2.24) is 14.7 Å². The summed E-state index contributed by atoms with van der Waals surface area (Å²) in [7, 11) is -3.96. The fraction of sp³-hybridized carbons (Fsp3) is 0.250. The molecular weight excluding hydrogens is 264 g/mol. The third-order valence-corrected chi connectivity index (χ3v) is 3.41. The van der Waals surface area contributed by atoms with E-state index in [0.29, 0.717) is 5.69 Å². The molecule has 0 bridgehead atoms. The van der Waals surface area contributed by atoms with Gasteiger partial charge in [-0.1, -0.05) is 4.68 Å². The normalized spacial score (nSPS) is 11.6. The highest BCUT2D eigenvalue weighted by Crippen LogP contribution is 2.16. The zero-order valence-electron chi connectivity index (χ0n) is 8.59. The zero-order chi connectivity index (χ0) is 12.3. The monoisotopic (exact) mass is 273 g/mol. The zero-order valence-corrected chi connectivity index (χ0v) is 10.2. The highest BCUT2D eigenvalue weighted by atomic mass is 32.2. The summed E-state index contributed by atoms with van der Waals surface area (Å²) in [5.74, 6) is -0.360. The van der Waals surface area contributed by atoms with Gasteiger partial charge in [-0.2, -0.15) is 13.5 Å². The first-order chi connectivity index (χ1) is 8.04. The van der Waals surface area contributed by atoms with Crippen LogP contribution in [-0.2, 0) is 16.7 Å². The lowest BCUT2D eigenvalue weighted by atomic mass is 10.3. The molecule has 9 heteroatoms. The summed E-state index contributed by atoms with van der Waals surface area (Å²) in [6.45, 7) is 0.107. The van der Waals surface area contributed by atoms with Gasteiger partial charge in [0, 0.05) is 17.7 Å². The lowest BCUT2D eigenvalue weighted by Gasteiger charge is -1.89. The Morgan fingerprint density at radius 1 is 1.47 bits per heavy atom. The van der Waals surface area contributed by atoms with E-state index in [1.807, 2.05) is 0 Å². The Bertz CT molecular complexity index is 596. The van der Waals surface area contributed by atoms with Gasteiger partial charge in [0.1, 0.15) is 16.3 Å². The SMILES string of the molecule is O=S(=O)(O)CC[n+]1cc(-c2cccnn2)sn1. The van der Waals surface area contributed by atoms with E-state index < -0.39 is 10.1 Å². The first-order valence-corrected chi connectivity index (χ1v) is 7.02. The molecule has 90 valence electrons. The molecule has 1 N–H and O–H groups in total. The summed E-state index contributed by atoms with van der Waals surface area (Å²) >= 11 is 1.19. The quantitative estimate of drug-likeness (QED) is 0.611. The Morgan fingerprint density at radius 2 is 2.29 bits per heavy atom. The van der Waals surface area contributed by atoms with Gasteiger partial charge in [-0.15, -0.1) is 5.10 Å². The van der Waals surface area contributed by atoms with Gasteiger partial charge in [0.25, 0.3) is 10.1 Å². The minimum atomic E-state index is -3.96. The van der Waals surface area contributed by atoms with E-state index in [9.17, 15) is 8.42 Å². The largest absolute Gasteiger partial charge is 0.285 e. The standard InChI is InChI=1S/C8H8N4O3S2/c13-17(14,15)5-4-12-6-8(16-11-12)7-2-1-3-9-10-7/h1-3,6H,4-5H2/p+1. The topological polar surface area (TPSA) is 96.9 Å². The summed E-state index contributed by atoms with van der Waals surface area (Å²) in [5.41, 5.74) is 0.676. The number of aromatic nitrogens is 4. The lowest BCUT2D eigenvalue weighted by Crippen LogP contribution is -2.37. The molecule has 0 spiro atoms. The molecule has 0 aromatic carbocycles. The van der Waals surface area contributed by atoms with Crippen LogP contribution in [-0.4, -0.2) is 33.4 Å². The molecule has 2 rings (SSSR count). The number of nitrogens with zero attached hydrogens (tertiary/aromatic N) is 4. The van der Waals surface area contributed by atoms with Crippen molar-refractivity contribution in [3.63, 3.8) is 0 Å². The van der Waals surface area contributed by atoms with Crippen molar-refractivity contribution in [3.05, 3.63) is 24.5 Å². The van der Waals surface area contributed by atoms with Gasteiger partial charge in [0.15, 0.2) is 6.54 Å². The smallest absolute Gasteiger partial charge is 0.271 e. The average Bonchev–Trinajstić information content (AvgIpc) is 2.75. The molecule has 0 saturated heterocycles. The number of rotatable bonds is 4. The number of aryl methyl sites for hydroxylation is 1. The first kappa shape index (κ1) is 12.0. The van der Waals surface area contributed by atoms with Gasteiger partial charge in [0.05, 0.1) is 4.49 Å². The molecule has 0 aliphatic heterocycles. The van der Waals surface area contributed by atoms with Gasteiger partial charge >= 0.3 is 0 Å². The summed E-state index contributed by atoms with van der Waals surface area (Å²) in [6, 6.07) is 3.54. The molecule has 7 nitrogen and oxygen atoms in total. The van der Waals surface area contributed by atoms with E-state index in [1.54, 1.807) is 24.5 Å². The van der Waals surface area contributed by atoms with Crippen molar-refractivity contribution >= 4 is 21.7 Å². The maximum Gasteiger partial charge on any atom is 0.271 e. The van der Waals surface area contributed by atoms with Gasteiger partial charge in [0.2, 0.25) is 6.20 Å². The second-order valence-corrected chi connectivity index (χ2v) is 5.58. The van der Waals surface area contributed by atoms with E-state index in [2.05, 4.69) is 14.7 Å². The van der Waals surface area contributed by atoms with Crippen LogP contribution in [0.4, 0.5) is 0 Å². The van der Waals surface area contributed by atoms with Crippen molar-refractivity contribution in [2.24, 2.45) is 0 Å². The average molecular weight is 273 g/mol. The Labute approximate surface area is 102 Å². The van der Waals surface area contributed by atoms with Gasteiger partial charge < -0.3 is 0 Å². The van der Waals surface area contributed by atoms with E-state index in [1.165, 1.54) is 16.2 Å². The molecule has 17 heavy (non-hydrogen) atoms. The van der Waals surface area contributed by atoms with Crippen LogP contribution in [0, 0.1) is 0 Å². The third-order valence-electron chi connectivity index (χ3n) is 1.91. The Balaban J connectivity index is 2.12. The number of hydrogen-bond donors (Lipinski definition) is 1. The van der Waals surface area contributed by atoms with E-state index in [4.69, 9.17) is 4.55 Å². The fourth-order valence-electron chi connectivity index (χ4n) is 1.14. The van der Waals surface area contributed by atoms with E-state index in [-0.39, 0.29) is 12.3 Å². The maximum absolute atomic E-state index is 10.6. The van der Waals surface area contributed by atoms with Crippen LogP contribution in [0.5, 0.6) is 0 Å². The summed E-state index contributed by atoms with van der Waals surface area (Å²) < 4.78 is 35.2. The minimum absolute atomic E-state index is 0.107. The molecule has 0 aliphatic rings. The van der Waals surface area contributed by atoms with Crippen molar-refractivity contribution in [2.75, 3.05) is 5.75 Å². The predicted molar refractivity (Wildman–Crippen MR) is 59.8 cm³/mol. The Hall–Kier alpha value is -1.45. The second-order valence-electron chi connectivity index (χ2n) is 3.22. The van der Waals surface area contributed by atoms with E-state index >= 15 is 0 Å². The van der Waals surface area contributed by atoms with Crippen LogP contribution in [0.2, 0.25) is 0 Å². The molecule has 2 aromatic heterocycles. The Kier molecular flexibility index (Phi) is 3.41. The lowest BCUT2D eigenvalue weighted by molar-refractivity contribution is -0.742. The molecule has 0 unspecified atom stereocenters. The summed E-state index contributed by atoms with van der Waals surface area (Å²) in [6.07, 6.45) is 3.23. The molecule has 0 fully saturated rings. The first-order valence-electron chi connectivity index (χ1n) is 4.64. The predicted octanol–water partition coefficient (Wildman–Crippen LogP) is -0.225. The van der Waals surface area contributed by atoms with Crippen molar-refractivity contribution in [1.29, 1.82) is 0 Å². The van der Waals surface area contributed by atoms with E-state index in [0.717, 1.165) is 4.88 Å². The van der Waals surface area contributed by atoms with Crippen LogP contribution >= 0.6 is 11.5 Å². The molecule has 0 saturated carbocycles. The van der Waals surface area contributed by atoms with Crippen LogP contribution in [0.1, 0.15) is 0 Å². The van der Waals surface area contributed by atoms with Gasteiger partial charge in [-0.3, -0.25) is 4.55 Å². The van der Waals surface area contributed by atoms with Gasteiger partial charge in [-0.05, 0) is 12.1 Å². The molecule has 2 heterocycles. The van der Waals surface area contributed by atoms with Crippen molar-refractivity contribution < 1.29 is 17.7 Å². The number of hydrogen-bond acceptors (Lipinski definition) is 6. The van der Waals surface area contributed by atoms with Gasteiger partial charge in [-0.25, -0.2) is 0 Å². The minimum Gasteiger partial charge on any atom is -0.285 e. The fourth-order valence-corrected chi connectivity index (χ4v) is 2.25. The van der Waals surface area contributed by atoms with Crippen LogP contribution in [0.3, 0.4) is 0 Å². The highest BCUT2D eigenvalue weighted by Gasteiger charge is 2.15. The Morgan fingerprint density at radius 3 is 2.94 bits per heavy atom. The second kappa shape index (κ2) is 4.82.